The average molecular weight is 374 g/mol. The van der Waals surface area contributed by atoms with E-state index in [0.29, 0.717) is 45.0 Å². The van der Waals surface area contributed by atoms with Gasteiger partial charge in [0.1, 0.15) is 0 Å². The predicted molar refractivity (Wildman–Crippen MR) is 102 cm³/mol. The molecule has 3 amide bonds. The Morgan fingerprint density at radius 3 is 2.67 bits per heavy atom. The van der Waals surface area contributed by atoms with E-state index in [-0.39, 0.29) is 5.91 Å². The smallest absolute Gasteiger partial charge is 0.313 e. The van der Waals surface area contributed by atoms with E-state index in [1.54, 1.807) is 23.1 Å². The minimum atomic E-state index is -0.709. The van der Waals surface area contributed by atoms with E-state index in [4.69, 9.17) is 4.74 Å². The third-order valence-electron chi connectivity index (χ3n) is 4.76. The lowest BCUT2D eigenvalue weighted by Crippen LogP contribution is -2.43. The summed E-state index contributed by atoms with van der Waals surface area (Å²) in [5, 5.41) is 5.24. The summed E-state index contributed by atoms with van der Waals surface area (Å²) in [5.41, 5.74) is 1.24. The van der Waals surface area contributed by atoms with Gasteiger partial charge in [-0.1, -0.05) is 6.07 Å². The third kappa shape index (κ3) is 5.51. The van der Waals surface area contributed by atoms with Gasteiger partial charge in [0.15, 0.2) is 0 Å². The number of nitrogens with zero attached hydrogens (tertiary/aromatic N) is 2. The molecule has 2 fully saturated rings. The van der Waals surface area contributed by atoms with Crippen molar-refractivity contribution in [3.05, 3.63) is 24.3 Å². The lowest BCUT2D eigenvalue weighted by Gasteiger charge is -2.27. The van der Waals surface area contributed by atoms with Crippen LogP contribution in [0.5, 0.6) is 0 Å². The summed E-state index contributed by atoms with van der Waals surface area (Å²) in [7, 11) is 0. The van der Waals surface area contributed by atoms with Gasteiger partial charge in [-0.25, -0.2) is 0 Å². The van der Waals surface area contributed by atoms with Gasteiger partial charge in [-0.15, -0.1) is 0 Å². The van der Waals surface area contributed by atoms with Gasteiger partial charge in [-0.05, 0) is 31.0 Å². The number of nitrogens with one attached hydrogen (secondary N) is 2. The highest BCUT2D eigenvalue weighted by Crippen LogP contribution is 2.23. The van der Waals surface area contributed by atoms with Crippen molar-refractivity contribution in [2.24, 2.45) is 0 Å². The summed E-state index contributed by atoms with van der Waals surface area (Å²) in [6.45, 7) is 4.85. The Labute approximate surface area is 158 Å². The van der Waals surface area contributed by atoms with Crippen molar-refractivity contribution in [3.8, 4) is 0 Å². The Morgan fingerprint density at radius 2 is 1.89 bits per heavy atom. The number of ether oxygens (including phenoxy) is 1. The van der Waals surface area contributed by atoms with Crippen molar-refractivity contribution >= 4 is 29.1 Å². The zero-order chi connectivity index (χ0) is 19.1. The molecule has 27 heavy (non-hydrogen) atoms. The van der Waals surface area contributed by atoms with Gasteiger partial charge in [-0.3, -0.25) is 19.3 Å². The zero-order valence-corrected chi connectivity index (χ0v) is 15.4. The second kappa shape index (κ2) is 9.48. The molecule has 0 unspecified atom stereocenters. The molecular weight excluding hydrogens is 348 g/mol. The first-order valence-corrected chi connectivity index (χ1v) is 9.43. The third-order valence-corrected chi connectivity index (χ3v) is 4.76. The number of anilines is 2. The van der Waals surface area contributed by atoms with E-state index in [0.717, 1.165) is 31.6 Å². The predicted octanol–water partition coefficient (Wildman–Crippen LogP) is 0.590. The molecule has 8 heteroatoms. The van der Waals surface area contributed by atoms with Crippen LogP contribution >= 0.6 is 0 Å². The van der Waals surface area contributed by atoms with Crippen molar-refractivity contribution in [2.75, 3.05) is 56.2 Å². The average Bonchev–Trinajstić information content (AvgIpc) is 2.69. The van der Waals surface area contributed by atoms with Crippen LogP contribution in [0.25, 0.3) is 0 Å². The number of morpholine rings is 1. The van der Waals surface area contributed by atoms with E-state index >= 15 is 0 Å². The molecule has 0 aliphatic carbocycles. The molecule has 0 aromatic heterocycles. The maximum Gasteiger partial charge on any atom is 0.313 e. The van der Waals surface area contributed by atoms with E-state index in [1.165, 1.54) is 0 Å². The fourth-order valence-electron chi connectivity index (χ4n) is 3.25. The van der Waals surface area contributed by atoms with Crippen LogP contribution in [0.2, 0.25) is 0 Å². The molecule has 2 saturated heterocycles. The van der Waals surface area contributed by atoms with Gasteiger partial charge in [0.2, 0.25) is 5.91 Å². The van der Waals surface area contributed by atoms with Crippen LogP contribution in [-0.4, -0.2) is 68.6 Å². The Morgan fingerprint density at radius 1 is 1.07 bits per heavy atom. The highest BCUT2D eigenvalue weighted by Gasteiger charge is 2.20. The molecule has 0 atom stereocenters. The molecule has 1 aromatic rings. The van der Waals surface area contributed by atoms with Crippen LogP contribution in [-0.2, 0) is 19.1 Å². The number of rotatable bonds is 5. The monoisotopic (exact) mass is 374 g/mol. The molecule has 146 valence electrons. The number of piperidine rings is 1. The maximum atomic E-state index is 12.1. The number of carbonyl (C=O) groups is 3. The van der Waals surface area contributed by atoms with Gasteiger partial charge in [-0.2, -0.15) is 0 Å². The number of benzene rings is 1. The van der Waals surface area contributed by atoms with Crippen LogP contribution in [0, 0.1) is 0 Å². The first-order valence-electron chi connectivity index (χ1n) is 9.43. The van der Waals surface area contributed by atoms with Gasteiger partial charge in [0.05, 0.1) is 13.2 Å². The molecule has 2 N–H and O–H groups in total. The van der Waals surface area contributed by atoms with Crippen molar-refractivity contribution in [1.29, 1.82) is 0 Å². The lowest BCUT2D eigenvalue weighted by molar-refractivity contribution is -0.136. The summed E-state index contributed by atoms with van der Waals surface area (Å²) in [6.07, 6.45) is 2.42. The molecule has 8 nitrogen and oxygen atoms in total. The first-order chi connectivity index (χ1) is 13.1. The molecule has 0 spiro atoms. The molecule has 2 aliphatic heterocycles. The Kier molecular flexibility index (Phi) is 6.78. The van der Waals surface area contributed by atoms with Gasteiger partial charge in [0.25, 0.3) is 0 Å². The van der Waals surface area contributed by atoms with Crippen molar-refractivity contribution in [3.63, 3.8) is 0 Å². The van der Waals surface area contributed by atoms with Crippen LogP contribution in [0.15, 0.2) is 24.3 Å². The fraction of sp³-hybridized carbons (Fsp3) is 0.526. The highest BCUT2D eigenvalue weighted by atomic mass is 16.5. The van der Waals surface area contributed by atoms with Crippen LogP contribution < -0.4 is 15.5 Å². The first kappa shape index (κ1) is 19.3. The van der Waals surface area contributed by atoms with E-state index in [2.05, 4.69) is 15.5 Å². The van der Waals surface area contributed by atoms with E-state index in [1.807, 2.05) is 6.07 Å². The Bertz CT molecular complexity index is 688. The number of hydrogen-bond acceptors (Lipinski definition) is 5. The zero-order valence-electron chi connectivity index (χ0n) is 15.4. The van der Waals surface area contributed by atoms with Crippen molar-refractivity contribution in [1.82, 2.24) is 10.2 Å². The van der Waals surface area contributed by atoms with Crippen molar-refractivity contribution < 1.29 is 19.1 Å². The minimum Gasteiger partial charge on any atom is -0.379 e. The van der Waals surface area contributed by atoms with Crippen LogP contribution in [0.4, 0.5) is 11.4 Å². The summed E-state index contributed by atoms with van der Waals surface area (Å²) in [4.78, 5) is 40.1. The largest absolute Gasteiger partial charge is 0.379 e. The minimum absolute atomic E-state index is 0.0885. The number of carbonyl (C=O) groups excluding carboxylic acids is 3. The van der Waals surface area contributed by atoms with Gasteiger partial charge in [0, 0.05) is 50.5 Å². The highest BCUT2D eigenvalue weighted by molar-refractivity contribution is 6.39. The fourth-order valence-corrected chi connectivity index (χ4v) is 3.25. The second-order valence-corrected chi connectivity index (χ2v) is 6.72. The second-order valence-electron chi connectivity index (χ2n) is 6.72. The van der Waals surface area contributed by atoms with E-state index in [9.17, 15) is 14.4 Å². The molecule has 1 aromatic carbocycles. The normalized spacial score (nSPS) is 18.2. The summed E-state index contributed by atoms with van der Waals surface area (Å²) >= 11 is 0. The Hall–Kier alpha value is -2.45. The van der Waals surface area contributed by atoms with E-state index < -0.39 is 11.8 Å². The van der Waals surface area contributed by atoms with Gasteiger partial charge >= 0.3 is 11.8 Å². The molecule has 3 rings (SSSR count). The molecule has 0 radical (unpaired) electrons. The maximum absolute atomic E-state index is 12.1. The van der Waals surface area contributed by atoms with Crippen LogP contribution in [0.3, 0.4) is 0 Å². The lowest BCUT2D eigenvalue weighted by atomic mass is 10.1. The summed E-state index contributed by atoms with van der Waals surface area (Å²) in [5.74, 6) is -1.28. The summed E-state index contributed by atoms with van der Waals surface area (Å²) < 4.78 is 5.27. The van der Waals surface area contributed by atoms with Gasteiger partial charge < -0.3 is 20.3 Å². The number of hydrogen-bond donors (Lipinski definition) is 2. The number of amides is 3. The SMILES string of the molecule is O=C(NCCN1CCOCC1)C(=O)Nc1cccc(N2CCCCC2=O)c1. The van der Waals surface area contributed by atoms with Crippen molar-refractivity contribution in [2.45, 2.75) is 19.3 Å². The topological polar surface area (TPSA) is 91.0 Å². The molecule has 2 heterocycles. The molecule has 0 saturated carbocycles. The molecule has 2 aliphatic rings. The standard InChI is InChI=1S/C19H26N4O4/c24-17-6-1-2-8-23(17)16-5-3-4-15(14-16)21-19(26)18(25)20-7-9-22-10-12-27-13-11-22/h3-5,14H,1-2,6-13H2,(H,20,25)(H,21,26). The molecule has 0 bridgehead atoms. The molecular formula is C19H26N4O4. The van der Waals surface area contributed by atoms with Crippen LogP contribution in [0.1, 0.15) is 19.3 Å². The summed E-state index contributed by atoms with van der Waals surface area (Å²) in [6, 6.07) is 7.03. The Balaban J connectivity index is 1.48. The quantitative estimate of drug-likeness (QED) is 0.736.